The largest absolute Gasteiger partial charge is 0.478 e. The van der Waals surface area contributed by atoms with Crippen LogP contribution in [0.5, 0.6) is 5.75 Å². The molecule has 1 atom stereocenters. The topological polar surface area (TPSA) is 85.2 Å². The maximum atomic E-state index is 12.7. The average Bonchev–Trinajstić information content (AvgIpc) is 3.17. The number of carbonyl (C=O) groups is 2. The van der Waals surface area contributed by atoms with E-state index in [9.17, 15) is 9.59 Å². The number of nitrogens with zero attached hydrogens (tertiary/aromatic N) is 2. The van der Waals surface area contributed by atoms with Crippen molar-refractivity contribution in [1.82, 2.24) is 9.55 Å². The number of ether oxygens (including phenoxy) is 1. The van der Waals surface area contributed by atoms with Gasteiger partial charge < -0.3 is 19.9 Å². The van der Waals surface area contributed by atoms with E-state index in [1.165, 1.54) is 0 Å². The standard InChI is InChI=1S/C19H16N4O3/c1-12-18(24)22-16-7-3-6-15(17(16)26-12)19(25)21-13-4-2-5-14(10-13)23-9-8-20-11-23/h2-12H,1H3,(H,21,25)(H,22,24). The van der Waals surface area contributed by atoms with Crippen LogP contribution >= 0.6 is 0 Å². The molecule has 0 saturated heterocycles. The molecule has 2 aromatic carbocycles. The van der Waals surface area contributed by atoms with E-state index in [0.717, 1.165) is 5.69 Å². The van der Waals surface area contributed by atoms with Gasteiger partial charge in [-0.2, -0.15) is 0 Å². The van der Waals surface area contributed by atoms with Crippen molar-refractivity contribution < 1.29 is 14.3 Å². The highest BCUT2D eigenvalue weighted by Gasteiger charge is 2.27. The first-order valence-electron chi connectivity index (χ1n) is 8.12. The fourth-order valence-electron chi connectivity index (χ4n) is 2.76. The van der Waals surface area contributed by atoms with Gasteiger partial charge in [0.1, 0.15) is 0 Å². The Morgan fingerprint density at radius 3 is 2.92 bits per heavy atom. The van der Waals surface area contributed by atoms with Gasteiger partial charge in [-0.05, 0) is 37.3 Å². The van der Waals surface area contributed by atoms with Gasteiger partial charge in [-0.3, -0.25) is 9.59 Å². The summed E-state index contributed by atoms with van der Waals surface area (Å²) in [6.07, 6.45) is 4.55. The number of hydrogen-bond acceptors (Lipinski definition) is 4. The summed E-state index contributed by atoms with van der Waals surface area (Å²) in [5.74, 6) is -0.168. The third-order valence-electron chi connectivity index (χ3n) is 4.09. The van der Waals surface area contributed by atoms with E-state index < -0.39 is 6.10 Å². The number of fused-ring (bicyclic) bond motifs is 1. The lowest BCUT2D eigenvalue weighted by atomic mass is 10.1. The van der Waals surface area contributed by atoms with Crippen molar-refractivity contribution >= 4 is 23.2 Å². The quantitative estimate of drug-likeness (QED) is 0.762. The molecule has 0 spiro atoms. The number of amides is 2. The molecule has 4 rings (SSSR count). The SMILES string of the molecule is CC1Oc2c(cccc2C(=O)Nc2cccc(-n3ccnc3)c2)NC1=O. The molecular weight excluding hydrogens is 332 g/mol. The van der Waals surface area contributed by atoms with Gasteiger partial charge >= 0.3 is 0 Å². The number of aromatic nitrogens is 2. The molecular formula is C19H16N4O3. The Kier molecular flexibility index (Phi) is 3.89. The van der Waals surface area contributed by atoms with Gasteiger partial charge in [0, 0.05) is 23.8 Å². The minimum absolute atomic E-state index is 0.233. The maximum Gasteiger partial charge on any atom is 0.265 e. The lowest BCUT2D eigenvalue weighted by Crippen LogP contribution is -2.35. The third-order valence-corrected chi connectivity index (χ3v) is 4.09. The Hall–Kier alpha value is -3.61. The molecule has 1 unspecified atom stereocenters. The Balaban J connectivity index is 1.61. The summed E-state index contributed by atoms with van der Waals surface area (Å²) in [6.45, 7) is 1.64. The second-order valence-electron chi connectivity index (χ2n) is 5.91. The zero-order valence-electron chi connectivity index (χ0n) is 14.0. The molecule has 3 aromatic rings. The number of carbonyl (C=O) groups excluding carboxylic acids is 2. The highest BCUT2D eigenvalue weighted by molar-refractivity contribution is 6.09. The summed E-state index contributed by atoms with van der Waals surface area (Å²) in [6, 6.07) is 12.5. The van der Waals surface area contributed by atoms with Crippen molar-refractivity contribution in [2.75, 3.05) is 10.6 Å². The third kappa shape index (κ3) is 2.90. The molecule has 1 aromatic heterocycles. The number of imidazole rings is 1. The first kappa shape index (κ1) is 15.9. The fraction of sp³-hybridized carbons (Fsp3) is 0.105. The highest BCUT2D eigenvalue weighted by atomic mass is 16.5. The number of anilines is 2. The van der Waals surface area contributed by atoms with E-state index in [2.05, 4.69) is 15.6 Å². The Morgan fingerprint density at radius 1 is 1.27 bits per heavy atom. The molecule has 0 aliphatic carbocycles. The summed E-state index contributed by atoms with van der Waals surface area (Å²) in [5.41, 5.74) is 2.38. The summed E-state index contributed by atoms with van der Waals surface area (Å²) >= 11 is 0. The van der Waals surface area contributed by atoms with E-state index in [0.29, 0.717) is 22.7 Å². The Morgan fingerprint density at radius 2 is 2.12 bits per heavy atom. The minimum atomic E-state index is -0.652. The summed E-state index contributed by atoms with van der Waals surface area (Å²) < 4.78 is 7.48. The monoisotopic (exact) mass is 348 g/mol. The molecule has 1 aliphatic heterocycles. The molecule has 0 bridgehead atoms. The average molecular weight is 348 g/mol. The van der Waals surface area contributed by atoms with E-state index in [1.807, 2.05) is 29.0 Å². The molecule has 7 heteroatoms. The molecule has 0 fully saturated rings. The van der Waals surface area contributed by atoms with Gasteiger partial charge in [0.2, 0.25) is 0 Å². The van der Waals surface area contributed by atoms with Crippen LogP contribution in [0.1, 0.15) is 17.3 Å². The van der Waals surface area contributed by atoms with Crippen LogP contribution in [0.15, 0.2) is 61.2 Å². The second kappa shape index (κ2) is 6.36. The predicted molar refractivity (Wildman–Crippen MR) is 96.7 cm³/mol. The van der Waals surface area contributed by atoms with Crippen LogP contribution in [0.2, 0.25) is 0 Å². The molecule has 130 valence electrons. The highest BCUT2D eigenvalue weighted by Crippen LogP contribution is 2.33. The van der Waals surface area contributed by atoms with Crippen molar-refractivity contribution in [3.63, 3.8) is 0 Å². The van der Waals surface area contributed by atoms with Crippen molar-refractivity contribution in [1.29, 1.82) is 0 Å². The maximum absolute atomic E-state index is 12.7. The van der Waals surface area contributed by atoms with Crippen LogP contribution in [0.4, 0.5) is 11.4 Å². The molecule has 7 nitrogen and oxygen atoms in total. The molecule has 0 radical (unpaired) electrons. The zero-order chi connectivity index (χ0) is 18.1. The van der Waals surface area contributed by atoms with Crippen molar-refractivity contribution in [2.45, 2.75) is 13.0 Å². The van der Waals surface area contributed by atoms with Crippen molar-refractivity contribution in [2.24, 2.45) is 0 Å². The van der Waals surface area contributed by atoms with Crippen LogP contribution < -0.4 is 15.4 Å². The fourth-order valence-corrected chi connectivity index (χ4v) is 2.76. The summed E-state index contributed by atoms with van der Waals surface area (Å²) in [5, 5.41) is 5.61. The van der Waals surface area contributed by atoms with Crippen LogP contribution in [-0.4, -0.2) is 27.5 Å². The van der Waals surface area contributed by atoms with E-state index in [1.54, 1.807) is 43.7 Å². The summed E-state index contributed by atoms with van der Waals surface area (Å²) in [7, 11) is 0. The van der Waals surface area contributed by atoms with Crippen molar-refractivity contribution in [3.05, 3.63) is 66.7 Å². The van der Waals surface area contributed by atoms with E-state index in [-0.39, 0.29) is 11.8 Å². The van der Waals surface area contributed by atoms with Crippen LogP contribution in [0.3, 0.4) is 0 Å². The molecule has 0 saturated carbocycles. The number of hydrogen-bond donors (Lipinski definition) is 2. The molecule has 2 heterocycles. The number of para-hydroxylation sites is 1. The first-order valence-corrected chi connectivity index (χ1v) is 8.12. The van der Waals surface area contributed by atoms with E-state index >= 15 is 0 Å². The van der Waals surface area contributed by atoms with Crippen LogP contribution in [-0.2, 0) is 4.79 Å². The number of benzene rings is 2. The second-order valence-corrected chi connectivity index (χ2v) is 5.91. The number of nitrogens with one attached hydrogen (secondary N) is 2. The van der Waals surface area contributed by atoms with Gasteiger partial charge in [0.25, 0.3) is 11.8 Å². The number of rotatable bonds is 3. The molecule has 2 N–H and O–H groups in total. The smallest absolute Gasteiger partial charge is 0.265 e. The zero-order valence-corrected chi connectivity index (χ0v) is 14.0. The molecule has 1 aliphatic rings. The van der Waals surface area contributed by atoms with Gasteiger partial charge in [-0.1, -0.05) is 12.1 Å². The minimum Gasteiger partial charge on any atom is -0.478 e. The molecule has 26 heavy (non-hydrogen) atoms. The van der Waals surface area contributed by atoms with Gasteiger partial charge in [0.15, 0.2) is 11.9 Å². The van der Waals surface area contributed by atoms with Gasteiger partial charge in [-0.15, -0.1) is 0 Å². The van der Waals surface area contributed by atoms with Crippen molar-refractivity contribution in [3.8, 4) is 11.4 Å². The first-order chi connectivity index (χ1) is 12.6. The van der Waals surface area contributed by atoms with Gasteiger partial charge in [0.05, 0.1) is 17.6 Å². The molecule has 2 amide bonds. The predicted octanol–water partition coefficient (Wildman–Crippen LogP) is 2.84. The lowest BCUT2D eigenvalue weighted by molar-refractivity contribution is -0.122. The Bertz CT molecular complexity index is 982. The normalized spacial score (nSPS) is 15.6. The Labute approximate surface area is 149 Å². The summed E-state index contributed by atoms with van der Waals surface area (Å²) in [4.78, 5) is 28.5. The van der Waals surface area contributed by atoms with Gasteiger partial charge in [-0.25, -0.2) is 4.98 Å². The van der Waals surface area contributed by atoms with E-state index in [4.69, 9.17) is 4.74 Å². The van der Waals surface area contributed by atoms with Crippen LogP contribution in [0.25, 0.3) is 5.69 Å². The lowest BCUT2D eigenvalue weighted by Gasteiger charge is -2.25. The van der Waals surface area contributed by atoms with Crippen LogP contribution in [0, 0.1) is 0 Å².